The molecule has 0 aliphatic rings. The Bertz CT molecular complexity index is 569. The van der Waals surface area contributed by atoms with Crippen LogP contribution in [0.5, 0.6) is 17.2 Å². The largest absolute Gasteiger partial charge is 0.497 e. The summed E-state index contributed by atoms with van der Waals surface area (Å²) in [5.74, 6) is 2.77. The quantitative estimate of drug-likeness (QED) is 0.813. The van der Waals surface area contributed by atoms with Crippen molar-refractivity contribution in [3.8, 4) is 17.2 Å². The predicted molar refractivity (Wildman–Crippen MR) is 87.9 cm³/mol. The number of rotatable bonds is 8. The van der Waals surface area contributed by atoms with Crippen LogP contribution in [0.15, 0.2) is 48.5 Å². The van der Waals surface area contributed by atoms with Gasteiger partial charge in [0.25, 0.3) is 0 Å². The van der Waals surface area contributed by atoms with Gasteiger partial charge in [0.05, 0.1) is 20.8 Å². The standard InChI is InChI=1S/C18H23NO3/c1-20-16-6-8-17(9-7-16)22-11-10-15(13-19)14-4-3-5-18(12-14)21-2/h3-9,12,15H,10-11,13,19H2,1-2H3. The van der Waals surface area contributed by atoms with Crippen molar-refractivity contribution in [2.45, 2.75) is 12.3 Å². The molecule has 0 heterocycles. The molecule has 0 fully saturated rings. The minimum Gasteiger partial charge on any atom is -0.497 e. The summed E-state index contributed by atoms with van der Waals surface area (Å²) >= 11 is 0. The molecule has 0 aliphatic carbocycles. The Morgan fingerprint density at radius 3 is 2.23 bits per heavy atom. The lowest BCUT2D eigenvalue weighted by molar-refractivity contribution is 0.297. The second-order valence-electron chi connectivity index (χ2n) is 5.02. The Labute approximate surface area is 131 Å². The van der Waals surface area contributed by atoms with E-state index in [1.165, 1.54) is 5.56 Å². The molecule has 2 aromatic rings. The number of hydrogen-bond donors (Lipinski definition) is 1. The van der Waals surface area contributed by atoms with Crippen molar-refractivity contribution in [3.63, 3.8) is 0 Å². The van der Waals surface area contributed by atoms with E-state index in [1.807, 2.05) is 42.5 Å². The maximum absolute atomic E-state index is 5.90. The predicted octanol–water partition coefficient (Wildman–Crippen LogP) is 3.22. The molecule has 0 amide bonds. The van der Waals surface area contributed by atoms with Gasteiger partial charge in [-0.1, -0.05) is 12.1 Å². The normalized spacial score (nSPS) is 11.8. The van der Waals surface area contributed by atoms with Crippen molar-refractivity contribution in [2.75, 3.05) is 27.4 Å². The molecule has 2 rings (SSSR count). The van der Waals surface area contributed by atoms with Gasteiger partial charge in [-0.15, -0.1) is 0 Å². The zero-order valence-corrected chi connectivity index (χ0v) is 13.1. The first-order chi connectivity index (χ1) is 10.8. The molecule has 0 spiro atoms. The van der Waals surface area contributed by atoms with E-state index in [0.29, 0.717) is 13.2 Å². The Morgan fingerprint density at radius 1 is 0.909 bits per heavy atom. The maximum atomic E-state index is 5.90. The second-order valence-corrected chi connectivity index (χ2v) is 5.02. The summed E-state index contributed by atoms with van der Waals surface area (Å²) in [5, 5.41) is 0. The summed E-state index contributed by atoms with van der Waals surface area (Å²) < 4.78 is 16.2. The van der Waals surface area contributed by atoms with E-state index in [4.69, 9.17) is 19.9 Å². The van der Waals surface area contributed by atoms with E-state index >= 15 is 0 Å². The molecule has 0 aromatic heterocycles. The highest BCUT2D eigenvalue weighted by molar-refractivity contribution is 5.32. The topological polar surface area (TPSA) is 53.7 Å². The van der Waals surface area contributed by atoms with Crippen molar-refractivity contribution >= 4 is 0 Å². The first-order valence-corrected chi connectivity index (χ1v) is 7.37. The molecule has 2 aromatic carbocycles. The zero-order chi connectivity index (χ0) is 15.8. The smallest absolute Gasteiger partial charge is 0.119 e. The summed E-state index contributed by atoms with van der Waals surface area (Å²) in [7, 11) is 3.32. The maximum Gasteiger partial charge on any atom is 0.119 e. The molecule has 118 valence electrons. The van der Waals surface area contributed by atoms with Crippen molar-refractivity contribution in [1.29, 1.82) is 0 Å². The van der Waals surface area contributed by atoms with Crippen LogP contribution in [0.2, 0.25) is 0 Å². The molecule has 0 saturated heterocycles. The van der Waals surface area contributed by atoms with Gasteiger partial charge in [-0.2, -0.15) is 0 Å². The highest BCUT2D eigenvalue weighted by Crippen LogP contribution is 2.24. The van der Waals surface area contributed by atoms with Gasteiger partial charge in [0.2, 0.25) is 0 Å². The Kier molecular flexibility index (Phi) is 6.10. The third-order valence-electron chi connectivity index (χ3n) is 3.64. The van der Waals surface area contributed by atoms with E-state index in [9.17, 15) is 0 Å². The van der Waals surface area contributed by atoms with Crippen LogP contribution in [0.4, 0.5) is 0 Å². The molecular weight excluding hydrogens is 278 g/mol. The van der Waals surface area contributed by atoms with Gasteiger partial charge >= 0.3 is 0 Å². The minimum absolute atomic E-state index is 0.258. The zero-order valence-electron chi connectivity index (χ0n) is 13.1. The molecule has 0 bridgehead atoms. The van der Waals surface area contributed by atoms with E-state index in [0.717, 1.165) is 23.7 Å². The lowest BCUT2D eigenvalue weighted by atomic mass is 9.96. The van der Waals surface area contributed by atoms with Crippen LogP contribution in [0.25, 0.3) is 0 Å². The first-order valence-electron chi connectivity index (χ1n) is 7.37. The van der Waals surface area contributed by atoms with Gasteiger partial charge < -0.3 is 19.9 Å². The third kappa shape index (κ3) is 4.40. The minimum atomic E-state index is 0.258. The summed E-state index contributed by atoms with van der Waals surface area (Å²) in [5.41, 5.74) is 7.08. The molecule has 4 nitrogen and oxygen atoms in total. The highest BCUT2D eigenvalue weighted by atomic mass is 16.5. The molecule has 4 heteroatoms. The van der Waals surface area contributed by atoms with Gasteiger partial charge in [-0.05, 0) is 60.8 Å². The van der Waals surface area contributed by atoms with Crippen LogP contribution in [0, 0.1) is 0 Å². The SMILES string of the molecule is COc1ccc(OCCC(CN)c2cccc(OC)c2)cc1. The van der Waals surface area contributed by atoms with Crippen molar-refractivity contribution in [2.24, 2.45) is 5.73 Å². The van der Waals surface area contributed by atoms with Crippen LogP contribution in [-0.4, -0.2) is 27.4 Å². The van der Waals surface area contributed by atoms with Crippen molar-refractivity contribution < 1.29 is 14.2 Å². The first kappa shape index (κ1) is 16.2. The van der Waals surface area contributed by atoms with E-state index in [-0.39, 0.29) is 5.92 Å². The molecule has 1 atom stereocenters. The summed E-state index contributed by atoms with van der Waals surface area (Å²) in [6.07, 6.45) is 0.857. The average molecular weight is 301 g/mol. The molecule has 0 aliphatic heterocycles. The van der Waals surface area contributed by atoms with Gasteiger partial charge in [0, 0.05) is 0 Å². The highest BCUT2D eigenvalue weighted by Gasteiger charge is 2.11. The van der Waals surface area contributed by atoms with Crippen LogP contribution >= 0.6 is 0 Å². The van der Waals surface area contributed by atoms with E-state index in [2.05, 4.69) is 6.07 Å². The number of benzene rings is 2. The van der Waals surface area contributed by atoms with Gasteiger partial charge in [0.15, 0.2) is 0 Å². The van der Waals surface area contributed by atoms with E-state index in [1.54, 1.807) is 14.2 Å². The van der Waals surface area contributed by atoms with Crippen LogP contribution in [0.1, 0.15) is 17.9 Å². The number of methoxy groups -OCH3 is 2. The summed E-state index contributed by atoms with van der Waals surface area (Å²) in [6.45, 7) is 1.20. The third-order valence-corrected chi connectivity index (χ3v) is 3.64. The fraction of sp³-hybridized carbons (Fsp3) is 0.333. The number of nitrogens with two attached hydrogens (primary N) is 1. The lowest BCUT2D eigenvalue weighted by Crippen LogP contribution is -2.15. The van der Waals surface area contributed by atoms with Gasteiger partial charge in [0.1, 0.15) is 17.2 Å². The lowest BCUT2D eigenvalue weighted by Gasteiger charge is -2.16. The number of ether oxygens (including phenoxy) is 3. The molecule has 1 unspecified atom stereocenters. The van der Waals surface area contributed by atoms with Crippen molar-refractivity contribution in [3.05, 3.63) is 54.1 Å². The number of hydrogen-bond acceptors (Lipinski definition) is 4. The molecule has 2 N–H and O–H groups in total. The molecule has 0 radical (unpaired) electrons. The Hall–Kier alpha value is -2.20. The summed E-state index contributed by atoms with van der Waals surface area (Å²) in [4.78, 5) is 0. The Balaban J connectivity index is 1.90. The van der Waals surface area contributed by atoms with Crippen LogP contribution in [0.3, 0.4) is 0 Å². The second kappa shape index (κ2) is 8.29. The average Bonchev–Trinajstić information content (AvgIpc) is 2.59. The fourth-order valence-corrected chi connectivity index (χ4v) is 2.31. The van der Waals surface area contributed by atoms with Gasteiger partial charge in [-0.3, -0.25) is 0 Å². The van der Waals surface area contributed by atoms with Crippen molar-refractivity contribution in [1.82, 2.24) is 0 Å². The monoisotopic (exact) mass is 301 g/mol. The van der Waals surface area contributed by atoms with Crippen LogP contribution in [-0.2, 0) is 0 Å². The van der Waals surface area contributed by atoms with Gasteiger partial charge in [-0.25, -0.2) is 0 Å². The van der Waals surface area contributed by atoms with Crippen LogP contribution < -0.4 is 19.9 Å². The molecular formula is C18H23NO3. The summed E-state index contributed by atoms with van der Waals surface area (Å²) in [6, 6.07) is 15.6. The molecule has 0 saturated carbocycles. The van der Waals surface area contributed by atoms with E-state index < -0.39 is 0 Å². The Morgan fingerprint density at radius 2 is 1.59 bits per heavy atom. The fourth-order valence-electron chi connectivity index (χ4n) is 2.31. The molecule has 22 heavy (non-hydrogen) atoms.